The molecule has 18 heavy (non-hydrogen) atoms. The fourth-order valence-corrected chi connectivity index (χ4v) is 2.83. The molecular weight excluding hydrogens is 226 g/mol. The lowest BCUT2D eigenvalue weighted by Gasteiger charge is -2.25. The van der Waals surface area contributed by atoms with Crippen molar-refractivity contribution >= 4 is 6.08 Å². The minimum Gasteiger partial charge on any atom is -0.496 e. The summed E-state index contributed by atoms with van der Waals surface area (Å²) in [5.74, 6) is 0.827. The number of benzene rings is 1. The van der Waals surface area contributed by atoms with Crippen LogP contribution in [0.3, 0.4) is 0 Å². The van der Waals surface area contributed by atoms with Gasteiger partial charge in [0.05, 0.1) is 7.11 Å². The Morgan fingerprint density at radius 2 is 2.11 bits per heavy atom. The minimum atomic E-state index is -0.404. The van der Waals surface area contributed by atoms with Crippen molar-refractivity contribution in [2.45, 2.75) is 44.6 Å². The zero-order valence-corrected chi connectivity index (χ0v) is 11.0. The standard InChI is InChI=1S/C15H19NO2/c1-3-12-6-7-14(18-2)13(10-12)15(16-11-17)8-4-5-9-15/h6-7,10H,3-5,8-9H2,1-2H3. The summed E-state index contributed by atoms with van der Waals surface area (Å²) in [7, 11) is 1.66. The van der Waals surface area contributed by atoms with E-state index in [0.717, 1.165) is 43.4 Å². The quantitative estimate of drug-likeness (QED) is 0.602. The molecule has 1 aliphatic rings. The van der Waals surface area contributed by atoms with Crippen LogP contribution < -0.4 is 4.74 Å². The first-order valence-corrected chi connectivity index (χ1v) is 6.52. The highest BCUT2D eigenvalue weighted by molar-refractivity contribution is 5.46. The number of hydrogen-bond acceptors (Lipinski definition) is 3. The van der Waals surface area contributed by atoms with Crippen LogP contribution in [-0.4, -0.2) is 13.2 Å². The average molecular weight is 245 g/mol. The van der Waals surface area contributed by atoms with Crippen molar-refractivity contribution < 1.29 is 9.53 Å². The molecular formula is C15H19NO2. The topological polar surface area (TPSA) is 38.7 Å². The number of methoxy groups -OCH3 is 1. The number of isocyanates is 1. The number of nitrogens with zero attached hydrogens (tertiary/aromatic N) is 1. The summed E-state index contributed by atoms with van der Waals surface area (Å²) >= 11 is 0. The van der Waals surface area contributed by atoms with Crippen molar-refractivity contribution in [2.24, 2.45) is 4.99 Å². The molecule has 3 nitrogen and oxygen atoms in total. The molecule has 1 fully saturated rings. The number of carbonyl (C=O) groups excluding carboxylic acids is 1. The molecule has 0 atom stereocenters. The van der Waals surface area contributed by atoms with E-state index in [0.29, 0.717) is 0 Å². The predicted octanol–water partition coefficient (Wildman–Crippen LogP) is 3.36. The molecule has 1 aliphatic carbocycles. The first-order valence-electron chi connectivity index (χ1n) is 6.52. The van der Waals surface area contributed by atoms with Crippen molar-refractivity contribution in [1.82, 2.24) is 0 Å². The molecule has 0 radical (unpaired) electrons. The second-order valence-electron chi connectivity index (χ2n) is 4.83. The van der Waals surface area contributed by atoms with Crippen LogP contribution in [0.2, 0.25) is 0 Å². The van der Waals surface area contributed by atoms with E-state index >= 15 is 0 Å². The van der Waals surface area contributed by atoms with E-state index in [4.69, 9.17) is 4.74 Å². The van der Waals surface area contributed by atoms with Crippen LogP contribution in [0.1, 0.15) is 43.7 Å². The van der Waals surface area contributed by atoms with E-state index in [1.807, 2.05) is 6.07 Å². The molecule has 0 N–H and O–H groups in total. The lowest BCUT2D eigenvalue weighted by Crippen LogP contribution is -2.20. The van der Waals surface area contributed by atoms with E-state index in [-0.39, 0.29) is 0 Å². The Balaban J connectivity index is 2.55. The normalized spacial score (nSPS) is 17.2. The van der Waals surface area contributed by atoms with Gasteiger partial charge in [0, 0.05) is 5.56 Å². The van der Waals surface area contributed by atoms with Gasteiger partial charge in [-0.1, -0.05) is 25.8 Å². The van der Waals surface area contributed by atoms with Crippen molar-refractivity contribution in [1.29, 1.82) is 0 Å². The Hall–Kier alpha value is -1.60. The first-order chi connectivity index (χ1) is 8.75. The second kappa shape index (κ2) is 5.36. The molecule has 0 aromatic heterocycles. The smallest absolute Gasteiger partial charge is 0.235 e. The number of ether oxygens (including phenoxy) is 1. The van der Waals surface area contributed by atoms with Gasteiger partial charge in [0.25, 0.3) is 0 Å². The zero-order valence-electron chi connectivity index (χ0n) is 11.0. The number of aliphatic imine (C=N–C) groups is 1. The third kappa shape index (κ3) is 2.19. The Labute approximate surface area is 108 Å². The van der Waals surface area contributed by atoms with Crippen molar-refractivity contribution in [3.63, 3.8) is 0 Å². The Morgan fingerprint density at radius 3 is 2.67 bits per heavy atom. The van der Waals surface area contributed by atoms with Gasteiger partial charge in [-0.3, -0.25) is 0 Å². The van der Waals surface area contributed by atoms with E-state index in [1.54, 1.807) is 13.2 Å². The van der Waals surface area contributed by atoms with Gasteiger partial charge < -0.3 is 4.74 Å². The summed E-state index contributed by atoms with van der Waals surface area (Å²) in [5, 5.41) is 0. The number of rotatable bonds is 4. The zero-order chi connectivity index (χ0) is 13.0. The summed E-state index contributed by atoms with van der Waals surface area (Å²) in [6.07, 6.45) is 6.75. The van der Waals surface area contributed by atoms with Crippen LogP contribution in [0.15, 0.2) is 23.2 Å². The van der Waals surface area contributed by atoms with E-state index in [9.17, 15) is 4.79 Å². The Bertz CT molecular complexity index is 469. The third-order valence-corrected chi connectivity index (χ3v) is 3.86. The molecule has 96 valence electrons. The molecule has 0 saturated heterocycles. The lowest BCUT2D eigenvalue weighted by atomic mass is 9.87. The van der Waals surface area contributed by atoms with Gasteiger partial charge in [0.1, 0.15) is 11.3 Å². The van der Waals surface area contributed by atoms with Crippen LogP contribution in [0.4, 0.5) is 0 Å². The van der Waals surface area contributed by atoms with Crippen LogP contribution in [0.5, 0.6) is 5.75 Å². The minimum absolute atomic E-state index is 0.404. The third-order valence-electron chi connectivity index (χ3n) is 3.86. The first kappa shape index (κ1) is 12.8. The summed E-state index contributed by atoms with van der Waals surface area (Å²) in [6, 6.07) is 6.18. The van der Waals surface area contributed by atoms with E-state index < -0.39 is 5.54 Å². The van der Waals surface area contributed by atoms with Gasteiger partial charge in [0.15, 0.2) is 0 Å². The van der Waals surface area contributed by atoms with E-state index in [1.165, 1.54) is 5.56 Å². The maximum Gasteiger partial charge on any atom is 0.235 e. The second-order valence-corrected chi connectivity index (χ2v) is 4.83. The molecule has 3 heteroatoms. The Morgan fingerprint density at radius 1 is 1.39 bits per heavy atom. The van der Waals surface area contributed by atoms with Gasteiger partial charge in [-0.2, -0.15) is 4.99 Å². The van der Waals surface area contributed by atoms with Crippen molar-refractivity contribution in [2.75, 3.05) is 7.11 Å². The van der Waals surface area contributed by atoms with Crippen LogP contribution in [0.25, 0.3) is 0 Å². The largest absolute Gasteiger partial charge is 0.496 e. The highest BCUT2D eigenvalue weighted by atomic mass is 16.5. The van der Waals surface area contributed by atoms with Gasteiger partial charge >= 0.3 is 0 Å². The molecule has 0 amide bonds. The molecule has 1 aromatic rings. The summed E-state index contributed by atoms with van der Waals surface area (Å²) < 4.78 is 5.44. The monoisotopic (exact) mass is 245 g/mol. The van der Waals surface area contributed by atoms with Gasteiger partial charge in [-0.15, -0.1) is 0 Å². The molecule has 0 spiro atoms. The van der Waals surface area contributed by atoms with Gasteiger partial charge in [-0.05, 0) is 37.0 Å². The maximum atomic E-state index is 10.8. The average Bonchev–Trinajstić information content (AvgIpc) is 2.88. The van der Waals surface area contributed by atoms with E-state index in [2.05, 4.69) is 24.0 Å². The molecule has 0 bridgehead atoms. The number of hydrogen-bond donors (Lipinski definition) is 0. The Kier molecular flexibility index (Phi) is 3.83. The van der Waals surface area contributed by atoms with Gasteiger partial charge in [-0.25, -0.2) is 4.79 Å². The molecule has 0 unspecified atom stereocenters. The van der Waals surface area contributed by atoms with Crippen LogP contribution >= 0.6 is 0 Å². The molecule has 2 rings (SSSR count). The highest BCUT2D eigenvalue weighted by Crippen LogP contribution is 2.45. The maximum absolute atomic E-state index is 10.8. The molecule has 0 heterocycles. The molecule has 0 aliphatic heterocycles. The van der Waals surface area contributed by atoms with Crippen LogP contribution in [-0.2, 0) is 16.8 Å². The summed E-state index contributed by atoms with van der Waals surface area (Å²) in [4.78, 5) is 14.9. The number of aryl methyl sites for hydroxylation is 1. The summed E-state index contributed by atoms with van der Waals surface area (Å²) in [5.41, 5.74) is 1.89. The van der Waals surface area contributed by atoms with Gasteiger partial charge in [0.2, 0.25) is 6.08 Å². The lowest BCUT2D eigenvalue weighted by molar-refractivity contribution is 0.379. The fraction of sp³-hybridized carbons (Fsp3) is 0.533. The van der Waals surface area contributed by atoms with Crippen LogP contribution in [0, 0.1) is 0 Å². The predicted molar refractivity (Wildman–Crippen MR) is 70.6 cm³/mol. The van der Waals surface area contributed by atoms with Crippen molar-refractivity contribution in [3.05, 3.63) is 29.3 Å². The molecule has 1 aromatic carbocycles. The van der Waals surface area contributed by atoms with Crippen molar-refractivity contribution in [3.8, 4) is 5.75 Å². The highest BCUT2D eigenvalue weighted by Gasteiger charge is 2.38. The summed E-state index contributed by atoms with van der Waals surface area (Å²) in [6.45, 7) is 2.12. The SMILES string of the molecule is CCc1ccc(OC)c(C2(N=C=O)CCCC2)c1. The fourth-order valence-electron chi connectivity index (χ4n) is 2.83. The molecule has 1 saturated carbocycles.